The number of sulfone groups is 1. The SMILES string of the molecule is Nc1c(S(=O)(=O)c2ccccc2)c2ncncc2n1-c1ccccc1. The Morgan fingerprint density at radius 2 is 1.56 bits per heavy atom. The lowest BCUT2D eigenvalue weighted by atomic mass is 10.3. The van der Waals surface area contributed by atoms with Crippen LogP contribution in [0.5, 0.6) is 0 Å². The second-order valence-corrected chi connectivity index (χ2v) is 7.34. The molecule has 4 rings (SSSR count). The van der Waals surface area contributed by atoms with Crippen LogP contribution in [0.1, 0.15) is 0 Å². The zero-order valence-electron chi connectivity index (χ0n) is 13.1. The molecule has 0 aliphatic heterocycles. The van der Waals surface area contributed by atoms with E-state index in [1.54, 1.807) is 41.1 Å². The van der Waals surface area contributed by atoms with Crippen LogP contribution < -0.4 is 5.73 Å². The van der Waals surface area contributed by atoms with Crippen LogP contribution in [0, 0.1) is 0 Å². The van der Waals surface area contributed by atoms with Crippen molar-refractivity contribution >= 4 is 26.7 Å². The van der Waals surface area contributed by atoms with Gasteiger partial charge in [-0.15, -0.1) is 0 Å². The van der Waals surface area contributed by atoms with Crippen LogP contribution in [-0.4, -0.2) is 23.0 Å². The highest BCUT2D eigenvalue weighted by atomic mass is 32.2. The Hall–Kier alpha value is -3.19. The molecule has 0 fully saturated rings. The minimum atomic E-state index is -3.82. The van der Waals surface area contributed by atoms with Crippen molar-refractivity contribution in [1.82, 2.24) is 14.5 Å². The third kappa shape index (κ3) is 2.36. The number of benzene rings is 2. The molecule has 7 heteroatoms. The molecule has 0 saturated carbocycles. The largest absolute Gasteiger partial charge is 0.384 e. The Labute approximate surface area is 144 Å². The van der Waals surface area contributed by atoms with Crippen molar-refractivity contribution < 1.29 is 8.42 Å². The second kappa shape index (κ2) is 5.71. The Bertz CT molecular complexity index is 1150. The quantitative estimate of drug-likeness (QED) is 0.613. The summed E-state index contributed by atoms with van der Waals surface area (Å²) in [6, 6.07) is 17.5. The van der Waals surface area contributed by atoms with E-state index in [9.17, 15) is 8.42 Å². The number of nitrogen functional groups attached to an aromatic ring is 1. The number of rotatable bonds is 3. The van der Waals surface area contributed by atoms with E-state index in [-0.39, 0.29) is 15.6 Å². The maximum atomic E-state index is 13.2. The number of hydrogen-bond donors (Lipinski definition) is 1. The molecule has 0 atom stereocenters. The fourth-order valence-electron chi connectivity index (χ4n) is 2.85. The van der Waals surface area contributed by atoms with Crippen molar-refractivity contribution in [2.75, 3.05) is 5.73 Å². The lowest BCUT2D eigenvalue weighted by Crippen LogP contribution is -2.07. The van der Waals surface area contributed by atoms with Crippen LogP contribution in [0.15, 0.2) is 83.0 Å². The van der Waals surface area contributed by atoms with E-state index in [1.165, 1.54) is 6.33 Å². The first-order chi connectivity index (χ1) is 12.1. The summed E-state index contributed by atoms with van der Waals surface area (Å²) in [7, 11) is -3.82. The Morgan fingerprint density at radius 3 is 2.24 bits per heavy atom. The smallest absolute Gasteiger partial charge is 0.212 e. The number of hydrogen-bond acceptors (Lipinski definition) is 5. The van der Waals surface area contributed by atoms with E-state index < -0.39 is 9.84 Å². The average Bonchev–Trinajstić information content (AvgIpc) is 2.95. The van der Waals surface area contributed by atoms with Gasteiger partial charge in [0.15, 0.2) is 0 Å². The highest BCUT2D eigenvalue weighted by Gasteiger charge is 2.29. The minimum Gasteiger partial charge on any atom is -0.384 e. The summed E-state index contributed by atoms with van der Waals surface area (Å²) in [4.78, 5) is 8.39. The zero-order chi connectivity index (χ0) is 17.4. The first-order valence-corrected chi connectivity index (χ1v) is 9.04. The Balaban J connectivity index is 2.09. The lowest BCUT2D eigenvalue weighted by molar-refractivity contribution is 0.597. The summed E-state index contributed by atoms with van der Waals surface area (Å²) in [5.41, 5.74) is 7.88. The molecule has 4 aromatic rings. The van der Waals surface area contributed by atoms with Gasteiger partial charge >= 0.3 is 0 Å². The van der Waals surface area contributed by atoms with Crippen molar-refractivity contribution in [1.29, 1.82) is 0 Å². The van der Waals surface area contributed by atoms with Crippen LogP contribution in [-0.2, 0) is 9.84 Å². The summed E-state index contributed by atoms with van der Waals surface area (Å²) < 4.78 is 28.0. The predicted molar refractivity (Wildman–Crippen MR) is 95.2 cm³/mol. The standard InChI is InChI=1S/C18H14N4O2S/c19-18-17(25(23,24)14-9-5-2-6-10-14)16-15(11-20-12-21-16)22(18)13-7-3-1-4-8-13/h1-12H,19H2. The molecule has 6 nitrogen and oxygen atoms in total. The van der Waals surface area contributed by atoms with E-state index in [0.29, 0.717) is 11.0 Å². The highest BCUT2D eigenvalue weighted by Crippen LogP contribution is 2.36. The lowest BCUT2D eigenvalue weighted by Gasteiger charge is -2.08. The monoisotopic (exact) mass is 350 g/mol. The van der Waals surface area contributed by atoms with Crippen LogP contribution in [0.25, 0.3) is 16.7 Å². The molecule has 0 saturated heterocycles. The maximum Gasteiger partial charge on any atom is 0.212 e. The summed E-state index contributed by atoms with van der Waals surface area (Å²) in [6.45, 7) is 0. The van der Waals surface area contributed by atoms with Crippen molar-refractivity contribution in [2.45, 2.75) is 9.79 Å². The van der Waals surface area contributed by atoms with Crippen molar-refractivity contribution in [2.24, 2.45) is 0 Å². The number of fused-ring (bicyclic) bond motifs is 1. The van der Waals surface area contributed by atoms with Crippen molar-refractivity contribution in [3.05, 3.63) is 73.2 Å². The third-order valence-corrected chi connectivity index (χ3v) is 5.79. The minimum absolute atomic E-state index is 0.0000435. The number of nitrogens with two attached hydrogens (primary N) is 1. The maximum absolute atomic E-state index is 13.2. The predicted octanol–water partition coefficient (Wildman–Crippen LogP) is 2.84. The Kier molecular flexibility index (Phi) is 3.51. The molecule has 2 heterocycles. The summed E-state index contributed by atoms with van der Waals surface area (Å²) in [5.74, 6) is 0.116. The van der Waals surface area contributed by atoms with Gasteiger partial charge in [-0.25, -0.2) is 18.4 Å². The molecular formula is C18H14N4O2S. The molecule has 0 spiro atoms. The van der Waals surface area contributed by atoms with Gasteiger partial charge in [-0.2, -0.15) is 0 Å². The molecule has 0 aliphatic carbocycles. The van der Waals surface area contributed by atoms with E-state index in [4.69, 9.17) is 5.73 Å². The molecule has 2 aromatic heterocycles. The van der Waals surface area contributed by atoms with Gasteiger partial charge in [-0.05, 0) is 24.3 Å². The number of para-hydroxylation sites is 1. The van der Waals surface area contributed by atoms with Gasteiger partial charge in [0.05, 0.1) is 16.6 Å². The average molecular weight is 350 g/mol. The van der Waals surface area contributed by atoms with Crippen LogP contribution >= 0.6 is 0 Å². The second-order valence-electron chi connectivity index (χ2n) is 5.46. The number of aromatic nitrogens is 3. The molecule has 2 N–H and O–H groups in total. The first kappa shape index (κ1) is 15.3. The normalized spacial score (nSPS) is 11.7. The van der Waals surface area contributed by atoms with E-state index in [0.717, 1.165) is 5.69 Å². The Morgan fingerprint density at radius 1 is 0.920 bits per heavy atom. The molecule has 2 aromatic carbocycles. The van der Waals surface area contributed by atoms with Crippen molar-refractivity contribution in [3.8, 4) is 5.69 Å². The van der Waals surface area contributed by atoms with Gasteiger partial charge in [0.2, 0.25) is 9.84 Å². The van der Waals surface area contributed by atoms with Gasteiger partial charge in [-0.1, -0.05) is 36.4 Å². The highest BCUT2D eigenvalue weighted by molar-refractivity contribution is 7.92. The zero-order valence-corrected chi connectivity index (χ0v) is 13.9. The van der Waals surface area contributed by atoms with Crippen LogP contribution in [0.3, 0.4) is 0 Å². The fourth-order valence-corrected chi connectivity index (χ4v) is 4.38. The van der Waals surface area contributed by atoms with Crippen LogP contribution in [0.2, 0.25) is 0 Å². The number of anilines is 1. The molecule has 25 heavy (non-hydrogen) atoms. The summed E-state index contributed by atoms with van der Waals surface area (Å²) in [6.07, 6.45) is 2.89. The summed E-state index contributed by atoms with van der Waals surface area (Å²) in [5, 5.41) is 0. The van der Waals surface area contributed by atoms with Gasteiger partial charge in [-0.3, -0.25) is 4.57 Å². The van der Waals surface area contributed by atoms with E-state index in [2.05, 4.69) is 9.97 Å². The molecular weight excluding hydrogens is 336 g/mol. The van der Waals surface area contributed by atoms with Gasteiger partial charge in [0, 0.05) is 5.69 Å². The van der Waals surface area contributed by atoms with E-state index >= 15 is 0 Å². The summed E-state index contributed by atoms with van der Waals surface area (Å²) >= 11 is 0. The molecule has 0 radical (unpaired) electrons. The van der Waals surface area contributed by atoms with Gasteiger partial charge in [0.1, 0.15) is 22.6 Å². The topological polar surface area (TPSA) is 90.9 Å². The van der Waals surface area contributed by atoms with E-state index in [1.807, 2.05) is 30.3 Å². The van der Waals surface area contributed by atoms with Gasteiger partial charge < -0.3 is 5.73 Å². The molecule has 0 amide bonds. The first-order valence-electron chi connectivity index (χ1n) is 7.56. The molecule has 0 aliphatic rings. The molecule has 124 valence electrons. The number of nitrogens with zero attached hydrogens (tertiary/aromatic N) is 3. The molecule has 0 unspecified atom stereocenters. The van der Waals surface area contributed by atoms with Crippen molar-refractivity contribution in [3.63, 3.8) is 0 Å². The van der Waals surface area contributed by atoms with Crippen LogP contribution in [0.4, 0.5) is 5.82 Å². The molecule has 0 bridgehead atoms. The third-order valence-electron chi connectivity index (χ3n) is 3.96. The fraction of sp³-hybridized carbons (Fsp3) is 0. The van der Waals surface area contributed by atoms with Gasteiger partial charge in [0.25, 0.3) is 0 Å².